The quantitative estimate of drug-likeness (QED) is 0.0320. The number of aliphatic hydroxyl groups excluding tert-OH is 2. The van der Waals surface area contributed by atoms with Crippen molar-refractivity contribution in [3.63, 3.8) is 0 Å². The molecule has 2 unspecified atom stereocenters. The molecule has 6 heteroatoms. The number of hydrogen-bond donors (Lipinski definition) is 3. The van der Waals surface area contributed by atoms with Crippen molar-refractivity contribution in [2.24, 2.45) is 0 Å². The van der Waals surface area contributed by atoms with E-state index >= 15 is 0 Å². The minimum absolute atomic E-state index is 0.00946. The molecule has 522 valence electrons. The normalized spacial score (nSPS) is 12.5. The average molecular weight is 1240 g/mol. The molecule has 0 saturated heterocycles. The first kappa shape index (κ1) is 86.3. The van der Waals surface area contributed by atoms with Crippen molar-refractivity contribution >= 4 is 11.9 Å². The van der Waals surface area contributed by atoms with Crippen molar-refractivity contribution in [1.29, 1.82) is 0 Å². The summed E-state index contributed by atoms with van der Waals surface area (Å²) < 4.78 is 5.50. The fourth-order valence-corrected chi connectivity index (χ4v) is 13.1. The van der Waals surface area contributed by atoms with Gasteiger partial charge in [-0.2, -0.15) is 0 Å². The molecular formula is C82H159NO5. The molecule has 0 aliphatic carbocycles. The summed E-state index contributed by atoms with van der Waals surface area (Å²) in [6.07, 6.45) is 100.0. The number of carbonyl (C=O) groups excluding carboxylic acids is 2. The monoisotopic (exact) mass is 1240 g/mol. The number of allylic oxidation sites excluding steroid dienone is 4. The topological polar surface area (TPSA) is 95.9 Å². The van der Waals surface area contributed by atoms with Crippen molar-refractivity contribution < 1.29 is 24.5 Å². The first-order valence-corrected chi connectivity index (χ1v) is 40.6. The van der Waals surface area contributed by atoms with Crippen LogP contribution >= 0.6 is 0 Å². The van der Waals surface area contributed by atoms with Gasteiger partial charge in [-0.3, -0.25) is 9.59 Å². The largest absolute Gasteiger partial charge is 0.466 e. The molecule has 3 N–H and O–H groups in total. The van der Waals surface area contributed by atoms with Gasteiger partial charge in [0.15, 0.2) is 0 Å². The van der Waals surface area contributed by atoms with Gasteiger partial charge in [0.25, 0.3) is 0 Å². The summed E-state index contributed by atoms with van der Waals surface area (Å²) in [5, 5.41) is 23.5. The summed E-state index contributed by atoms with van der Waals surface area (Å²) in [5.74, 6) is -0.0147. The van der Waals surface area contributed by atoms with Crippen LogP contribution in [0.1, 0.15) is 463 Å². The van der Waals surface area contributed by atoms with E-state index in [1.165, 1.54) is 379 Å². The van der Waals surface area contributed by atoms with Crippen LogP contribution in [0.5, 0.6) is 0 Å². The van der Waals surface area contributed by atoms with Gasteiger partial charge in [-0.05, 0) is 57.8 Å². The first-order valence-electron chi connectivity index (χ1n) is 40.6. The van der Waals surface area contributed by atoms with Crippen LogP contribution in [0, 0.1) is 0 Å². The molecule has 0 saturated carbocycles. The SMILES string of the molecule is CCCCC/C=C\C/C=C\CCCCCCCC(=O)OCCCCCCCCCCCCCCCCCCCCCCCCCCCCCCCCCCCCCC(=O)NC(CO)C(O)CCCCCCCCCCCCCCCCCCCCCCC. The highest BCUT2D eigenvalue weighted by molar-refractivity contribution is 5.76. The second-order valence-electron chi connectivity index (χ2n) is 28.1. The molecule has 0 bridgehead atoms. The van der Waals surface area contributed by atoms with Crippen LogP contribution in [-0.4, -0.2) is 47.4 Å². The lowest BCUT2D eigenvalue weighted by atomic mass is 10.0. The molecule has 0 aromatic rings. The van der Waals surface area contributed by atoms with Crippen molar-refractivity contribution in [2.75, 3.05) is 13.2 Å². The lowest BCUT2D eigenvalue weighted by Gasteiger charge is -2.22. The molecule has 0 aromatic heterocycles. The molecule has 0 radical (unpaired) electrons. The number of esters is 1. The Labute approximate surface area is 551 Å². The van der Waals surface area contributed by atoms with E-state index in [0.29, 0.717) is 25.9 Å². The Hall–Kier alpha value is -1.66. The third-order valence-electron chi connectivity index (χ3n) is 19.3. The number of aliphatic hydroxyl groups is 2. The van der Waals surface area contributed by atoms with Crippen LogP contribution in [0.2, 0.25) is 0 Å². The molecule has 0 spiro atoms. The second kappa shape index (κ2) is 77.8. The summed E-state index contributed by atoms with van der Waals surface area (Å²) in [7, 11) is 0. The number of hydrogen-bond acceptors (Lipinski definition) is 5. The van der Waals surface area contributed by atoms with Gasteiger partial charge in [-0.1, -0.05) is 417 Å². The van der Waals surface area contributed by atoms with Crippen LogP contribution in [0.25, 0.3) is 0 Å². The van der Waals surface area contributed by atoms with Crippen molar-refractivity contribution in [1.82, 2.24) is 5.32 Å². The Kier molecular flexibility index (Phi) is 76.3. The Bertz CT molecular complexity index is 1380. The van der Waals surface area contributed by atoms with E-state index in [9.17, 15) is 19.8 Å². The molecule has 0 aliphatic heterocycles. The fraction of sp³-hybridized carbons (Fsp3) is 0.927. The predicted molar refractivity (Wildman–Crippen MR) is 389 cm³/mol. The minimum atomic E-state index is -0.661. The number of unbranched alkanes of at least 4 members (excludes halogenated alkanes) is 62. The number of amides is 1. The highest BCUT2D eigenvalue weighted by atomic mass is 16.5. The molecule has 0 fully saturated rings. The third kappa shape index (κ3) is 73.4. The predicted octanol–water partition coefficient (Wildman–Crippen LogP) is 26.8. The maximum Gasteiger partial charge on any atom is 0.305 e. The lowest BCUT2D eigenvalue weighted by molar-refractivity contribution is -0.143. The maximum absolute atomic E-state index is 12.6. The van der Waals surface area contributed by atoms with Gasteiger partial charge >= 0.3 is 5.97 Å². The van der Waals surface area contributed by atoms with Crippen LogP contribution in [-0.2, 0) is 14.3 Å². The lowest BCUT2D eigenvalue weighted by Crippen LogP contribution is -2.45. The zero-order valence-corrected chi connectivity index (χ0v) is 60.0. The van der Waals surface area contributed by atoms with Gasteiger partial charge in [0.2, 0.25) is 5.91 Å². The highest BCUT2D eigenvalue weighted by Crippen LogP contribution is 2.20. The van der Waals surface area contributed by atoms with Crippen LogP contribution in [0.4, 0.5) is 0 Å². The van der Waals surface area contributed by atoms with Crippen molar-refractivity contribution in [2.45, 2.75) is 475 Å². The van der Waals surface area contributed by atoms with Gasteiger partial charge in [0.1, 0.15) is 0 Å². The second-order valence-corrected chi connectivity index (χ2v) is 28.1. The number of ether oxygens (including phenoxy) is 1. The van der Waals surface area contributed by atoms with E-state index < -0.39 is 12.1 Å². The Morgan fingerprint density at radius 3 is 0.886 bits per heavy atom. The molecule has 2 atom stereocenters. The summed E-state index contributed by atoms with van der Waals surface area (Å²) in [6.45, 7) is 4.97. The smallest absolute Gasteiger partial charge is 0.305 e. The molecule has 0 aromatic carbocycles. The third-order valence-corrected chi connectivity index (χ3v) is 19.3. The zero-order valence-electron chi connectivity index (χ0n) is 60.0. The van der Waals surface area contributed by atoms with Crippen molar-refractivity contribution in [3.05, 3.63) is 24.3 Å². The first-order chi connectivity index (χ1) is 43.5. The standard InChI is InChI=1S/C82H159NO5/c1-3-5-7-9-11-13-15-17-19-20-21-37-40-43-47-50-54-58-62-66-70-74-80(85)79(78-84)83-81(86)75-71-67-63-59-55-51-48-44-41-38-35-33-31-29-27-25-23-22-24-26-28-30-32-34-36-39-42-45-49-53-57-61-65-69-73-77-88-82(87)76-72-68-64-60-56-52-46-18-16-14-12-10-8-6-4-2/h12,14,18,46,79-80,84-85H,3-11,13,15-17,19-45,47-78H2,1-2H3,(H,83,86)/b14-12-,46-18-. The van der Waals surface area contributed by atoms with Crippen LogP contribution in [0.3, 0.4) is 0 Å². The van der Waals surface area contributed by atoms with Crippen LogP contribution in [0.15, 0.2) is 24.3 Å². The Balaban J connectivity index is 3.31. The summed E-state index contributed by atoms with van der Waals surface area (Å²) in [4.78, 5) is 24.6. The van der Waals surface area contributed by atoms with Gasteiger partial charge in [-0.25, -0.2) is 0 Å². The highest BCUT2D eigenvalue weighted by Gasteiger charge is 2.20. The van der Waals surface area contributed by atoms with Gasteiger partial charge in [0, 0.05) is 12.8 Å². The van der Waals surface area contributed by atoms with Crippen LogP contribution < -0.4 is 5.32 Å². The van der Waals surface area contributed by atoms with E-state index in [1.807, 2.05) is 0 Å². The molecule has 1 amide bonds. The summed E-state index contributed by atoms with van der Waals surface area (Å²) >= 11 is 0. The molecule has 0 aliphatic rings. The summed E-state index contributed by atoms with van der Waals surface area (Å²) in [5.41, 5.74) is 0. The average Bonchev–Trinajstić information content (AvgIpc) is 3.58. The van der Waals surface area contributed by atoms with Gasteiger partial charge in [-0.15, -0.1) is 0 Å². The van der Waals surface area contributed by atoms with E-state index in [0.717, 1.165) is 51.4 Å². The number of rotatable bonds is 77. The minimum Gasteiger partial charge on any atom is -0.466 e. The van der Waals surface area contributed by atoms with Gasteiger partial charge in [0.05, 0.1) is 25.4 Å². The molecule has 0 heterocycles. The molecule has 6 nitrogen and oxygen atoms in total. The number of carbonyl (C=O) groups is 2. The molecule has 88 heavy (non-hydrogen) atoms. The van der Waals surface area contributed by atoms with Crippen molar-refractivity contribution in [3.8, 4) is 0 Å². The Morgan fingerprint density at radius 2 is 0.568 bits per heavy atom. The van der Waals surface area contributed by atoms with Gasteiger partial charge < -0.3 is 20.3 Å². The van der Waals surface area contributed by atoms with E-state index in [4.69, 9.17) is 4.74 Å². The zero-order chi connectivity index (χ0) is 63.5. The maximum atomic E-state index is 12.6. The molecular weight excluding hydrogens is 1080 g/mol. The van der Waals surface area contributed by atoms with E-state index in [2.05, 4.69) is 43.5 Å². The molecule has 0 rings (SSSR count). The summed E-state index contributed by atoms with van der Waals surface area (Å²) in [6, 6.07) is -0.538. The van der Waals surface area contributed by atoms with E-state index in [1.54, 1.807) is 0 Å². The fourth-order valence-electron chi connectivity index (χ4n) is 13.1. The number of nitrogens with one attached hydrogen (secondary N) is 1. The van der Waals surface area contributed by atoms with E-state index in [-0.39, 0.29) is 18.5 Å². The Morgan fingerprint density at radius 1 is 0.318 bits per heavy atom.